The van der Waals surface area contributed by atoms with E-state index in [-0.39, 0.29) is 71.8 Å². The van der Waals surface area contributed by atoms with Gasteiger partial charge in [0.25, 0.3) is 0 Å². The molecule has 3 rings (SSSR count). The minimum atomic E-state index is -1.01. The Morgan fingerprint density at radius 1 is 0.780 bits per heavy atom. The highest BCUT2D eigenvalue weighted by Crippen LogP contribution is 2.34. The maximum Gasteiger partial charge on any atom is 0.347 e. The van der Waals surface area contributed by atoms with Crippen LogP contribution in [0.3, 0.4) is 0 Å². The normalized spacial score (nSPS) is 11.7. The van der Waals surface area contributed by atoms with E-state index >= 15 is 0 Å². The molecule has 0 radical (unpaired) electrons. The van der Waals surface area contributed by atoms with Crippen molar-refractivity contribution in [1.82, 2.24) is 5.32 Å². The second kappa shape index (κ2) is 14.8. The standard InChI is InChI=1S/C30H33F2NO7.ClH/c1-6-37-24-12-9-19(31)15-21(24)28(35)39-26-11-8-18(23(34)17-33-30(3,4)5)14-27(26)40-29(36)22-16-20(32)10-13-25(22)38-7-2;/h8-16,23,33-34H,6-7,17H2,1-5H3;1H. The van der Waals surface area contributed by atoms with Crippen LogP contribution in [-0.4, -0.2) is 42.3 Å². The lowest BCUT2D eigenvalue weighted by Gasteiger charge is -2.23. The lowest BCUT2D eigenvalue weighted by molar-refractivity contribution is 0.0676. The summed E-state index contributed by atoms with van der Waals surface area (Å²) < 4.78 is 49.8. The van der Waals surface area contributed by atoms with E-state index in [9.17, 15) is 23.5 Å². The zero-order valence-corrected chi connectivity index (χ0v) is 24.3. The smallest absolute Gasteiger partial charge is 0.347 e. The summed E-state index contributed by atoms with van der Waals surface area (Å²) in [5.74, 6) is -3.54. The Kier molecular flexibility index (Phi) is 12.1. The van der Waals surface area contributed by atoms with E-state index in [1.165, 1.54) is 30.3 Å². The van der Waals surface area contributed by atoms with Crippen molar-refractivity contribution in [2.24, 2.45) is 0 Å². The Balaban J connectivity index is 0.00000588. The highest BCUT2D eigenvalue weighted by atomic mass is 35.5. The van der Waals surface area contributed by atoms with Crippen LogP contribution in [0.15, 0.2) is 54.6 Å². The van der Waals surface area contributed by atoms with Gasteiger partial charge in [-0.1, -0.05) is 6.07 Å². The van der Waals surface area contributed by atoms with Gasteiger partial charge in [0.1, 0.15) is 34.3 Å². The minimum absolute atomic E-state index is 0. The van der Waals surface area contributed by atoms with Crippen molar-refractivity contribution < 1.29 is 42.4 Å². The Bertz CT molecular complexity index is 1360. The van der Waals surface area contributed by atoms with Crippen molar-refractivity contribution in [2.45, 2.75) is 46.3 Å². The average molecular weight is 594 g/mol. The third-order valence-electron chi connectivity index (χ3n) is 5.51. The average Bonchev–Trinajstić information content (AvgIpc) is 2.90. The quantitative estimate of drug-likeness (QED) is 0.205. The fourth-order valence-corrected chi connectivity index (χ4v) is 3.61. The largest absolute Gasteiger partial charge is 0.493 e. The van der Waals surface area contributed by atoms with E-state index in [1.807, 2.05) is 20.8 Å². The zero-order valence-electron chi connectivity index (χ0n) is 23.5. The number of β-amino-alcohol motifs (C(OH)–C–C–N with tert-alkyl or cyclic N) is 1. The van der Waals surface area contributed by atoms with E-state index < -0.39 is 29.7 Å². The first kappa shape index (κ1) is 33.5. The second-order valence-corrected chi connectivity index (χ2v) is 9.78. The Morgan fingerprint density at radius 2 is 1.24 bits per heavy atom. The van der Waals surface area contributed by atoms with Crippen LogP contribution in [0.4, 0.5) is 8.78 Å². The summed E-state index contributed by atoms with van der Waals surface area (Å²) in [7, 11) is 0. The summed E-state index contributed by atoms with van der Waals surface area (Å²) in [6.45, 7) is 9.84. The number of halogens is 3. The first-order valence-corrected chi connectivity index (χ1v) is 12.8. The summed E-state index contributed by atoms with van der Waals surface area (Å²) in [5.41, 5.74) is -0.295. The van der Waals surface area contributed by atoms with Crippen LogP contribution in [0.25, 0.3) is 0 Å². The number of hydrogen-bond acceptors (Lipinski definition) is 8. The van der Waals surface area contributed by atoms with E-state index in [4.69, 9.17) is 18.9 Å². The maximum absolute atomic E-state index is 14.0. The number of ether oxygens (including phenoxy) is 4. The van der Waals surface area contributed by atoms with Gasteiger partial charge in [0.05, 0.1) is 19.3 Å². The summed E-state index contributed by atoms with van der Waals surface area (Å²) in [6, 6.07) is 11.0. The van der Waals surface area contributed by atoms with Crippen LogP contribution in [0.1, 0.15) is 67.0 Å². The molecule has 1 atom stereocenters. The van der Waals surface area contributed by atoms with E-state index in [2.05, 4.69) is 5.32 Å². The molecule has 2 N–H and O–H groups in total. The van der Waals surface area contributed by atoms with Gasteiger partial charge in [-0.25, -0.2) is 18.4 Å². The van der Waals surface area contributed by atoms with Crippen molar-refractivity contribution in [3.05, 3.63) is 82.9 Å². The Labute approximate surface area is 244 Å². The molecular formula is C30H34ClF2NO7. The number of hydrogen-bond donors (Lipinski definition) is 2. The van der Waals surface area contributed by atoms with Crippen molar-refractivity contribution >= 4 is 24.3 Å². The number of carbonyl (C=O) groups excluding carboxylic acids is 2. The lowest BCUT2D eigenvalue weighted by Crippen LogP contribution is -2.38. The fourth-order valence-electron chi connectivity index (χ4n) is 3.61. The molecule has 0 aliphatic rings. The molecule has 0 fully saturated rings. The predicted octanol–water partition coefficient (Wildman–Crippen LogP) is 6.04. The molecular weight excluding hydrogens is 560 g/mol. The highest BCUT2D eigenvalue weighted by Gasteiger charge is 2.24. The molecule has 0 amide bonds. The third-order valence-corrected chi connectivity index (χ3v) is 5.51. The number of benzene rings is 3. The molecule has 41 heavy (non-hydrogen) atoms. The first-order chi connectivity index (χ1) is 18.9. The van der Waals surface area contributed by atoms with Crippen molar-refractivity contribution in [3.8, 4) is 23.0 Å². The molecule has 0 aromatic heterocycles. The van der Waals surface area contributed by atoms with Crippen LogP contribution in [0, 0.1) is 11.6 Å². The lowest BCUT2D eigenvalue weighted by atomic mass is 10.1. The van der Waals surface area contributed by atoms with Crippen LogP contribution in [0.5, 0.6) is 23.0 Å². The van der Waals surface area contributed by atoms with Crippen molar-refractivity contribution in [1.29, 1.82) is 0 Å². The molecule has 0 aliphatic heterocycles. The van der Waals surface area contributed by atoms with E-state index in [0.717, 1.165) is 24.3 Å². The molecule has 0 spiro atoms. The van der Waals surface area contributed by atoms with E-state index in [1.54, 1.807) is 13.8 Å². The number of esters is 2. The number of aliphatic hydroxyl groups excluding tert-OH is 1. The highest BCUT2D eigenvalue weighted by molar-refractivity contribution is 5.96. The molecule has 0 bridgehead atoms. The molecule has 0 aliphatic carbocycles. The van der Waals surface area contributed by atoms with Gasteiger partial charge in [-0.15, -0.1) is 12.4 Å². The van der Waals surface area contributed by atoms with Crippen LogP contribution >= 0.6 is 12.4 Å². The Hall–Kier alpha value is -3.73. The summed E-state index contributed by atoms with van der Waals surface area (Å²) >= 11 is 0. The number of aliphatic hydroxyl groups is 1. The molecule has 8 nitrogen and oxygen atoms in total. The third kappa shape index (κ3) is 9.41. The van der Waals surface area contributed by atoms with Gasteiger partial charge in [-0.3, -0.25) is 0 Å². The SMILES string of the molecule is CCOc1ccc(F)cc1C(=O)Oc1ccc(C(O)CNC(C)(C)C)cc1OC(=O)c1cc(F)ccc1OCC.Cl. The number of carbonyl (C=O) groups is 2. The van der Waals surface area contributed by atoms with E-state index in [0.29, 0.717) is 5.56 Å². The molecule has 0 saturated carbocycles. The predicted molar refractivity (Wildman–Crippen MR) is 151 cm³/mol. The monoisotopic (exact) mass is 593 g/mol. The van der Waals surface area contributed by atoms with Gasteiger partial charge >= 0.3 is 11.9 Å². The minimum Gasteiger partial charge on any atom is -0.493 e. The molecule has 11 heteroatoms. The number of nitrogens with one attached hydrogen (secondary N) is 1. The molecule has 0 saturated heterocycles. The zero-order chi connectivity index (χ0) is 29.4. The van der Waals surface area contributed by atoms with Gasteiger partial charge in [0, 0.05) is 12.1 Å². The van der Waals surface area contributed by atoms with Crippen LogP contribution in [-0.2, 0) is 0 Å². The summed E-state index contributed by atoms with van der Waals surface area (Å²) in [4.78, 5) is 26.2. The van der Waals surface area contributed by atoms with Gasteiger partial charge in [-0.2, -0.15) is 0 Å². The van der Waals surface area contributed by atoms with Crippen molar-refractivity contribution in [3.63, 3.8) is 0 Å². The topological polar surface area (TPSA) is 103 Å². The second-order valence-electron chi connectivity index (χ2n) is 9.78. The molecule has 0 heterocycles. The van der Waals surface area contributed by atoms with Gasteiger partial charge in [0.15, 0.2) is 11.5 Å². The van der Waals surface area contributed by atoms with Crippen LogP contribution < -0.4 is 24.3 Å². The first-order valence-electron chi connectivity index (χ1n) is 12.8. The van der Waals surface area contributed by atoms with Gasteiger partial charge in [0.2, 0.25) is 0 Å². The molecule has 222 valence electrons. The fraction of sp³-hybridized carbons (Fsp3) is 0.333. The molecule has 1 unspecified atom stereocenters. The maximum atomic E-state index is 14.0. The van der Waals surface area contributed by atoms with Crippen molar-refractivity contribution in [2.75, 3.05) is 19.8 Å². The summed E-state index contributed by atoms with van der Waals surface area (Å²) in [5, 5.41) is 13.9. The van der Waals surface area contributed by atoms with Gasteiger partial charge in [-0.05, 0) is 88.7 Å². The molecule has 3 aromatic carbocycles. The van der Waals surface area contributed by atoms with Crippen LogP contribution in [0.2, 0.25) is 0 Å². The summed E-state index contributed by atoms with van der Waals surface area (Å²) in [6.07, 6.45) is -1.01. The Morgan fingerprint density at radius 3 is 1.71 bits per heavy atom. The molecule has 3 aromatic rings. The number of rotatable bonds is 11. The van der Waals surface area contributed by atoms with Gasteiger partial charge < -0.3 is 29.4 Å².